The number of rotatable bonds is 3. The highest BCUT2D eigenvalue weighted by molar-refractivity contribution is 9.10. The third-order valence-electron chi connectivity index (χ3n) is 2.18. The third-order valence-corrected chi connectivity index (χ3v) is 2.98. The van der Waals surface area contributed by atoms with E-state index in [9.17, 15) is 0 Å². The van der Waals surface area contributed by atoms with Crippen molar-refractivity contribution in [3.63, 3.8) is 0 Å². The van der Waals surface area contributed by atoms with E-state index in [2.05, 4.69) is 15.9 Å². The molecule has 0 aromatic heterocycles. The molecule has 1 aromatic rings. The lowest BCUT2D eigenvalue weighted by Crippen LogP contribution is -2.34. The summed E-state index contributed by atoms with van der Waals surface area (Å²) in [5.41, 5.74) is 6.32. The topological polar surface area (TPSA) is 46.2 Å². The zero-order valence-electron chi connectivity index (χ0n) is 7.93. The van der Waals surface area contributed by atoms with Gasteiger partial charge in [0.15, 0.2) is 0 Å². The molecule has 0 spiro atoms. The van der Waals surface area contributed by atoms with E-state index in [1.54, 1.807) is 6.07 Å². The largest absolute Gasteiger partial charge is 0.396 e. The minimum Gasteiger partial charge on any atom is -0.396 e. The van der Waals surface area contributed by atoms with Gasteiger partial charge in [0.1, 0.15) is 0 Å². The van der Waals surface area contributed by atoms with Crippen LogP contribution >= 0.6 is 27.5 Å². The number of halogens is 2. The summed E-state index contributed by atoms with van der Waals surface area (Å²) in [6.07, 6.45) is 0.494. The van der Waals surface area contributed by atoms with Gasteiger partial charge in [-0.3, -0.25) is 0 Å². The predicted molar refractivity (Wildman–Crippen MR) is 62.4 cm³/mol. The van der Waals surface area contributed by atoms with Crippen LogP contribution in [0.1, 0.15) is 18.9 Å². The van der Waals surface area contributed by atoms with E-state index in [4.69, 9.17) is 22.4 Å². The first kappa shape index (κ1) is 12.0. The van der Waals surface area contributed by atoms with Gasteiger partial charge < -0.3 is 10.8 Å². The van der Waals surface area contributed by atoms with E-state index < -0.39 is 5.54 Å². The quantitative estimate of drug-likeness (QED) is 0.893. The van der Waals surface area contributed by atoms with Crippen LogP contribution in [0, 0.1) is 0 Å². The standard InChI is InChI=1S/C10H13BrClNO/c1-10(13,4-5-14)8-3-2-7(11)6-9(8)12/h2-3,6,14H,4-5,13H2,1H3. The van der Waals surface area contributed by atoms with E-state index in [-0.39, 0.29) is 6.61 Å². The first-order valence-electron chi connectivity index (χ1n) is 4.32. The zero-order valence-corrected chi connectivity index (χ0v) is 10.3. The monoisotopic (exact) mass is 277 g/mol. The number of aliphatic hydroxyl groups excluding tert-OH is 1. The molecule has 4 heteroatoms. The Bertz CT molecular complexity index is 328. The molecule has 1 rings (SSSR count). The number of benzene rings is 1. The lowest BCUT2D eigenvalue weighted by Gasteiger charge is -2.25. The van der Waals surface area contributed by atoms with Crippen molar-refractivity contribution in [3.8, 4) is 0 Å². The van der Waals surface area contributed by atoms with Crippen molar-refractivity contribution in [1.29, 1.82) is 0 Å². The van der Waals surface area contributed by atoms with Crippen molar-refractivity contribution in [1.82, 2.24) is 0 Å². The molecule has 0 aliphatic carbocycles. The van der Waals surface area contributed by atoms with Gasteiger partial charge in [0.2, 0.25) is 0 Å². The van der Waals surface area contributed by atoms with Gasteiger partial charge in [-0.05, 0) is 31.0 Å². The molecule has 0 fully saturated rings. The second kappa shape index (κ2) is 4.62. The summed E-state index contributed by atoms with van der Waals surface area (Å²) < 4.78 is 0.922. The van der Waals surface area contributed by atoms with Gasteiger partial charge in [-0.15, -0.1) is 0 Å². The fourth-order valence-corrected chi connectivity index (χ4v) is 2.21. The van der Waals surface area contributed by atoms with Crippen LogP contribution in [-0.4, -0.2) is 11.7 Å². The molecule has 0 aliphatic rings. The second-order valence-electron chi connectivity index (χ2n) is 3.52. The van der Waals surface area contributed by atoms with Crippen LogP contribution in [0.4, 0.5) is 0 Å². The number of hydrogen-bond acceptors (Lipinski definition) is 2. The maximum atomic E-state index is 8.88. The van der Waals surface area contributed by atoms with Crippen molar-refractivity contribution in [3.05, 3.63) is 33.3 Å². The van der Waals surface area contributed by atoms with Gasteiger partial charge in [0, 0.05) is 21.6 Å². The second-order valence-corrected chi connectivity index (χ2v) is 4.84. The first-order valence-corrected chi connectivity index (χ1v) is 5.50. The van der Waals surface area contributed by atoms with E-state index in [1.165, 1.54) is 0 Å². The van der Waals surface area contributed by atoms with E-state index in [0.29, 0.717) is 11.4 Å². The van der Waals surface area contributed by atoms with Gasteiger partial charge in [-0.25, -0.2) is 0 Å². The van der Waals surface area contributed by atoms with E-state index in [1.807, 2.05) is 19.1 Å². The summed E-state index contributed by atoms with van der Waals surface area (Å²) in [7, 11) is 0. The zero-order chi connectivity index (χ0) is 10.8. The molecule has 0 amide bonds. The molecule has 0 bridgehead atoms. The summed E-state index contributed by atoms with van der Waals surface area (Å²) in [4.78, 5) is 0. The summed E-state index contributed by atoms with van der Waals surface area (Å²) in [6, 6.07) is 5.57. The lowest BCUT2D eigenvalue weighted by atomic mass is 9.90. The van der Waals surface area contributed by atoms with E-state index in [0.717, 1.165) is 10.0 Å². The van der Waals surface area contributed by atoms with Gasteiger partial charge in [-0.1, -0.05) is 33.6 Å². The van der Waals surface area contributed by atoms with Crippen LogP contribution in [0.3, 0.4) is 0 Å². The summed E-state index contributed by atoms with van der Waals surface area (Å²) >= 11 is 9.39. The Morgan fingerprint density at radius 2 is 2.21 bits per heavy atom. The normalized spacial score (nSPS) is 15.2. The van der Waals surface area contributed by atoms with E-state index >= 15 is 0 Å². The van der Waals surface area contributed by atoms with Crippen LogP contribution in [0.2, 0.25) is 5.02 Å². The van der Waals surface area contributed by atoms with Crippen molar-refractivity contribution >= 4 is 27.5 Å². The highest BCUT2D eigenvalue weighted by Gasteiger charge is 2.23. The highest BCUT2D eigenvalue weighted by atomic mass is 79.9. The molecule has 0 heterocycles. The molecule has 78 valence electrons. The molecular formula is C10H13BrClNO. The SMILES string of the molecule is CC(N)(CCO)c1ccc(Br)cc1Cl. The fraction of sp³-hybridized carbons (Fsp3) is 0.400. The molecule has 0 radical (unpaired) electrons. The fourth-order valence-electron chi connectivity index (χ4n) is 1.32. The average molecular weight is 279 g/mol. The number of nitrogens with two attached hydrogens (primary N) is 1. The Balaban J connectivity index is 3.06. The first-order chi connectivity index (χ1) is 6.47. The molecule has 2 nitrogen and oxygen atoms in total. The smallest absolute Gasteiger partial charge is 0.0467 e. The Labute approximate surface area is 97.2 Å². The average Bonchev–Trinajstić information content (AvgIpc) is 2.02. The highest BCUT2D eigenvalue weighted by Crippen LogP contribution is 2.30. The van der Waals surface area contributed by atoms with Crippen LogP contribution < -0.4 is 5.73 Å². The molecule has 0 aliphatic heterocycles. The maximum absolute atomic E-state index is 8.88. The number of hydrogen-bond donors (Lipinski definition) is 2. The number of aliphatic hydroxyl groups is 1. The Kier molecular flexibility index (Phi) is 3.95. The minimum absolute atomic E-state index is 0.0550. The van der Waals surface area contributed by atoms with Crippen LogP contribution in [-0.2, 0) is 5.54 Å². The molecule has 0 saturated carbocycles. The Hall–Kier alpha value is -0.0900. The van der Waals surface area contributed by atoms with Gasteiger partial charge >= 0.3 is 0 Å². The molecule has 1 atom stereocenters. The predicted octanol–water partition coefficient (Wildman–Crippen LogP) is 2.66. The van der Waals surface area contributed by atoms with Crippen molar-refractivity contribution < 1.29 is 5.11 Å². The van der Waals surface area contributed by atoms with Gasteiger partial charge in [-0.2, -0.15) is 0 Å². The Morgan fingerprint density at radius 3 is 2.71 bits per heavy atom. The summed E-state index contributed by atoms with van der Waals surface area (Å²) in [6.45, 7) is 1.91. The molecule has 3 N–H and O–H groups in total. The molecule has 14 heavy (non-hydrogen) atoms. The van der Waals surface area contributed by atoms with Crippen molar-refractivity contribution in [2.45, 2.75) is 18.9 Å². The molecular weight excluding hydrogens is 265 g/mol. The Morgan fingerprint density at radius 1 is 1.57 bits per heavy atom. The van der Waals surface area contributed by atoms with Gasteiger partial charge in [0.05, 0.1) is 0 Å². The van der Waals surface area contributed by atoms with Crippen LogP contribution in [0.25, 0.3) is 0 Å². The minimum atomic E-state index is -0.577. The van der Waals surface area contributed by atoms with Crippen LogP contribution in [0.5, 0.6) is 0 Å². The van der Waals surface area contributed by atoms with Crippen molar-refractivity contribution in [2.24, 2.45) is 5.73 Å². The third kappa shape index (κ3) is 2.70. The summed E-state index contributed by atoms with van der Waals surface area (Å²) in [5, 5.41) is 9.50. The molecule has 1 unspecified atom stereocenters. The lowest BCUT2D eigenvalue weighted by molar-refractivity contribution is 0.247. The van der Waals surface area contributed by atoms with Crippen molar-refractivity contribution in [2.75, 3.05) is 6.61 Å². The van der Waals surface area contributed by atoms with Gasteiger partial charge in [0.25, 0.3) is 0 Å². The van der Waals surface area contributed by atoms with Crippen LogP contribution in [0.15, 0.2) is 22.7 Å². The molecule has 1 aromatic carbocycles. The summed E-state index contributed by atoms with van der Waals surface area (Å²) in [5.74, 6) is 0. The molecule has 0 saturated heterocycles. The maximum Gasteiger partial charge on any atom is 0.0467 e.